The van der Waals surface area contributed by atoms with Crippen LogP contribution in [0.1, 0.15) is 5.82 Å². The first-order valence-corrected chi connectivity index (χ1v) is 5.00. The maximum atomic E-state index is 8.87. The van der Waals surface area contributed by atoms with Crippen LogP contribution in [0.15, 0.2) is 36.5 Å². The molecule has 3 heteroatoms. The Morgan fingerprint density at radius 1 is 1.27 bits per heavy atom. The molecule has 1 aromatic heterocycles. The lowest BCUT2D eigenvalue weighted by molar-refractivity contribution is 0.295. The lowest BCUT2D eigenvalue weighted by Crippen LogP contribution is -1.99. The summed E-state index contributed by atoms with van der Waals surface area (Å²) in [5.41, 5.74) is 2.07. The van der Waals surface area contributed by atoms with Crippen LogP contribution in [0.2, 0.25) is 0 Å². The topological polar surface area (TPSA) is 38.0 Å². The lowest BCUT2D eigenvalue weighted by atomic mass is 10.2. The van der Waals surface area contributed by atoms with Crippen molar-refractivity contribution in [2.45, 2.75) is 6.42 Å². The van der Waals surface area contributed by atoms with E-state index < -0.39 is 0 Å². The zero-order valence-electron chi connectivity index (χ0n) is 8.72. The van der Waals surface area contributed by atoms with Gasteiger partial charge in [0.25, 0.3) is 0 Å². The van der Waals surface area contributed by atoms with Crippen molar-refractivity contribution in [1.29, 1.82) is 0 Å². The second-order valence-corrected chi connectivity index (χ2v) is 3.49. The van der Waals surface area contributed by atoms with E-state index in [2.05, 4.69) is 4.98 Å². The fourth-order valence-corrected chi connectivity index (χ4v) is 1.58. The summed E-state index contributed by atoms with van der Waals surface area (Å²) in [6.07, 6.45) is 2.59. The molecule has 15 heavy (non-hydrogen) atoms. The molecule has 0 bridgehead atoms. The summed E-state index contributed by atoms with van der Waals surface area (Å²) in [4.78, 5) is 4.47. The van der Waals surface area contributed by atoms with Crippen LogP contribution in [0, 0.1) is 0 Å². The molecule has 0 radical (unpaired) electrons. The lowest BCUT2D eigenvalue weighted by Gasteiger charge is -1.95. The third-order valence-corrected chi connectivity index (χ3v) is 2.38. The molecular weight excluding hydrogens is 188 g/mol. The Kier molecular flexibility index (Phi) is 2.83. The van der Waals surface area contributed by atoms with Crippen molar-refractivity contribution in [3.63, 3.8) is 0 Å². The van der Waals surface area contributed by atoms with Crippen LogP contribution < -0.4 is 0 Å². The number of imidazole rings is 1. The van der Waals surface area contributed by atoms with Crippen LogP contribution in [0.5, 0.6) is 0 Å². The highest BCUT2D eigenvalue weighted by atomic mass is 16.3. The van der Waals surface area contributed by atoms with Gasteiger partial charge in [-0.25, -0.2) is 4.98 Å². The maximum absolute atomic E-state index is 8.87. The standard InChI is InChI=1S/C12H14N2O/c1-14-9-11(13-12(14)7-8-15)10-5-3-2-4-6-10/h2-6,9,15H,7-8H2,1H3. The highest BCUT2D eigenvalue weighted by molar-refractivity contribution is 5.58. The quantitative estimate of drug-likeness (QED) is 0.821. The Morgan fingerprint density at radius 3 is 2.67 bits per heavy atom. The smallest absolute Gasteiger partial charge is 0.111 e. The molecule has 0 aliphatic rings. The molecule has 0 fully saturated rings. The Hall–Kier alpha value is -1.61. The average molecular weight is 202 g/mol. The predicted molar refractivity (Wildman–Crippen MR) is 59.4 cm³/mol. The van der Waals surface area contributed by atoms with Crippen molar-refractivity contribution in [1.82, 2.24) is 9.55 Å². The van der Waals surface area contributed by atoms with Crippen molar-refractivity contribution in [3.05, 3.63) is 42.4 Å². The second-order valence-electron chi connectivity index (χ2n) is 3.49. The average Bonchev–Trinajstić information content (AvgIpc) is 2.63. The third kappa shape index (κ3) is 2.07. The number of nitrogens with zero attached hydrogens (tertiary/aromatic N) is 2. The molecule has 1 N–H and O–H groups in total. The van der Waals surface area contributed by atoms with E-state index in [4.69, 9.17) is 5.11 Å². The summed E-state index contributed by atoms with van der Waals surface area (Å²) in [7, 11) is 1.95. The molecule has 0 unspecified atom stereocenters. The van der Waals surface area contributed by atoms with E-state index in [9.17, 15) is 0 Å². The minimum absolute atomic E-state index is 0.138. The van der Waals surface area contributed by atoms with E-state index in [-0.39, 0.29) is 6.61 Å². The fourth-order valence-electron chi connectivity index (χ4n) is 1.58. The number of hydrogen-bond donors (Lipinski definition) is 1. The van der Waals surface area contributed by atoms with Crippen LogP contribution >= 0.6 is 0 Å². The van der Waals surface area contributed by atoms with E-state index in [1.54, 1.807) is 0 Å². The molecule has 0 aliphatic heterocycles. The third-order valence-electron chi connectivity index (χ3n) is 2.38. The van der Waals surface area contributed by atoms with Gasteiger partial charge in [0.05, 0.1) is 12.3 Å². The first-order chi connectivity index (χ1) is 7.31. The van der Waals surface area contributed by atoms with Crippen LogP contribution in [0.3, 0.4) is 0 Å². The Morgan fingerprint density at radius 2 is 2.00 bits per heavy atom. The number of hydrogen-bond acceptors (Lipinski definition) is 2. The molecule has 0 amide bonds. The Bertz CT molecular complexity index is 434. The van der Waals surface area contributed by atoms with Gasteiger partial charge in [-0.2, -0.15) is 0 Å². The van der Waals surface area contributed by atoms with E-state index in [1.807, 2.05) is 48.1 Å². The van der Waals surface area contributed by atoms with Gasteiger partial charge in [-0.05, 0) is 0 Å². The van der Waals surface area contributed by atoms with E-state index in [0.717, 1.165) is 17.1 Å². The molecule has 0 saturated heterocycles. The summed E-state index contributed by atoms with van der Waals surface area (Å²) >= 11 is 0. The summed E-state index contributed by atoms with van der Waals surface area (Å²) in [6, 6.07) is 10.0. The first-order valence-electron chi connectivity index (χ1n) is 5.00. The minimum atomic E-state index is 0.138. The highest BCUT2D eigenvalue weighted by Crippen LogP contribution is 2.17. The Balaban J connectivity index is 2.34. The van der Waals surface area contributed by atoms with Gasteiger partial charge >= 0.3 is 0 Å². The number of aliphatic hydroxyl groups is 1. The number of aromatic nitrogens is 2. The van der Waals surface area contributed by atoms with Crippen LogP contribution in [-0.4, -0.2) is 21.3 Å². The summed E-state index contributed by atoms with van der Waals surface area (Å²) in [5, 5.41) is 8.87. The molecule has 1 aromatic carbocycles. The summed E-state index contributed by atoms with van der Waals surface area (Å²) in [6.45, 7) is 0.138. The Labute approximate surface area is 89.0 Å². The van der Waals surface area contributed by atoms with Crippen LogP contribution in [-0.2, 0) is 13.5 Å². The molecule has 3 nitrogen and oxygen atoms in total. The maximum Gasteiger partial charge on any atom is 0.111 e. The first kappa shape index (κ1) is 9.93. The number of benzene rings is 1. The van der Waals surface area contributed by atoms with Crippen molar-refractivity contribution >= 4 is 0 Å². The largest absolute Gasteiger partial charge is 0.396 e. The number of rotatable bonds is 3. The molecule has 78 valence electrons. The monoisotopic (exact) mass is 202 g/mol. The van der Waals surface area contributed by atoms with Gasteiger partial charge in [-0.3, -0.25) is 0 Å². The molecule has 0 saturated carbocycles. The fraction of sp³-hybridized carbons (Fsp3) is 0.250. The molecule has 0 aliphatic carbocycles. The number of aryl methyl sites for hydroxylation is 1. The molecule has 0 spiro atoms. The zero-order valence-corrected chi connectivity index (χ0v) is 8.72. The molecule has 2 aromatic rings. The predicted octanol–water partition coefficient (Wildman–Crippen LogP) is 1.62. The van der Waals surface area contributed by atoms with Crippen molar-refractivity contribution in [2.75, 3.05) is 6.61 Å². The summed E-state index contributed by atoms with van der Waals surface area (Å²) < 4.78 is 1.96. The van der Waals surface area contributed by atoms with Crippen molar-refractivity contribution in [2.24, 2.45) is 7.05 Å². The minimum Gasteiger partial charge on any atom is -0.396 e. The van der Waals surface area contributed by atoms with Crippen molar-refractivity contribution in [3.8, 4) is 11.3 Å². The molecule has 0 atom stereocenters. The second kappa shape index (κ2) is 4.28. The summed E-state index contributed by atoms with van der Waals surface area (Å²) in [5.74, 6) is 0.913. The van der Waals surface area contributed by atoms with Gasteiger partial charge in [0.1, 0.15) is 5.82 Å². The van der Waals surface area contributed by atoms with E-state index in [0.29, 0.717) is 6.42 Å². The van der Waals surface area contributed by atoms with Crippen molar-refractivity contribution < 1.29 is 5.11 Å². The molecular formula is C12H14N2O. The van der Waals surface area contributed by atoms with Gasteiger partial charge in [0.2, 0.25) is 0 Å². The van der Waals surface area contributed by atoms with Crippen LogP contribution in [0.25, 0.3) is 11.3 Å². The van der Waals surface area contributed by atoms with Gasteiger partial charge in [-0.1, -0.05) is 30.3 Å². The van der Waals surface area contributed by atoms with Crippen LogP contribution in [0.4, 0.5) is 0 Å². The van der Waals surface area contributed by atoms with Gasteiger partial charge in [0.15, 0.2) is 0 Å². The van der Waals surface area contributed by atoms with E-state index in [1.165, 1.54) is 0 Å². The number of aliphatic hydroxyl groups excluding tert-OH is 1. The normalized spacial score (nSPS) is 10.5. The van der Waals surface area contributed by atoms with Gasteiger partial charge in [0, 0.05) is 25.2 Å². The highest BCUT2D eigenvalue weighted by Gasteiger charge is 2.05. The van der Waals surface area contributed by atoms with Gasteiger partial charge < -0.3 is 9.67 Å². The van der Waals surface area contributed by atoms with Gasteiger partial charge in [-0.15, -0.1) is 0 Å². The molecule has 1 heterocycles. The van der Waals surface area contributed by atoms with E-state index >= 15 is 0 Å². The zero-order chi connectivity index (χ0) is 10.7. The SMILES string of the molecule is Cn1cc(-c2ccccc2)nc1CCO. The molecule has 2 rings (SSSR count).